The van der Waals surface area contributed by atoms with Crippen molar-refractivity contribution in [3.8, 4) is 0 Å². The number of esters is 1. The Bertz CT molecular complexity index is 675. The Kier molecular flexibility index (Phi) is 7.85. The number of thioether (sulfide) groups is 1. The second-order valence-electron chi connectivity index (χ2n) is 5.31. The van der Waals surface area contributed by atoms with Crippen LogP contribution in [0, 0.1) is 0 Å². The van der Waals surface area contributed by atoms with Crippen molar-refractivity contribution in [1.29, 1.82) is 0 Å². The van der Waals surface area contributed by atoms with Gasteiger partial charge in [-0.05, 0) is 42.0 Å². The van der Waals surface area contributed by atoms with Gasteiger partial charge in [-0.25, -0.2) is 9.59 Å². The summed E-state index contributed by atoms with van der Waals surface area (Å²) in [5.74, 6) is 0.588. The molecule has 6 heteroatoms. The number of carbonyl (C=O) groups is 2. The molecule has 2 N–H and O–H groups in total. The molecule has 132 valence electrons. The van der Waals surface area contributed by atoms with Crippen molar-refractivity contribution in [2.45, 2.75) is 17.9 Å². The van der Waals surface area contributed by atoms with Gasteiger partial charge in [-0.2, -0.15) is 0 Å². The maximum absolute atomic E-state index is 11.8. The fourth-order valence-corrected chi connectivity index (χ4v) is 2.98. The normalized spacial score (nSPS) is 10.1. The molecule has 2 amide bonds. The zero-order valence-corrected chi connectivity index (χ0v) is 15.0. The number of benzene rings is 2. The summed E-state index contributed by atoms with van der Waals surface area (Å²) in [5.41, 5.74) is 1.41. The molecule has 2 rings (SSSR count). The Labute approximate surface area is 152 Å². The van der Waals surface area contributed by atoms with E-state index in [0.29, 0.717) is 18.7 Å². The van der Waals surface area contributed by atoms with Gasteiger partial charge in [0, 0.05) is 18.0 Å². The third kappa shape index (κ3) is 6.89. The van der Waals surface area contributed by atoms with Crippen molar-refractivity contribution in [3.63, 3.8) is 0 Å². The molecule has 2 aromatic carbocycles. The maximum Gasteiger partial charge on any atom is 0.337 e. The van der Waals surface area contributed by atoms with Crippen LogP contribution >= 0.6 is 11.8 Å². The van der Waals surface area contributed by atoms with Crippen molar-refractivity contribution >= 4 is 23.8 Å². The largest absolute Gasteiger partial charge is 0.465 e. The van der Waals surface area contributed by atoms with Crippen LogP contribution in [0.5, 0.6) is 0 Å². The number of urea groups is 1. The second kappa shape index (κ2) is 10.4. The van der Waals surface area contributed by atoms with Gasteiger partial charge in [-0.15, -0.1) is 11.8 Å². The standard InChI is InChI=1S/C19H22N2O3S/c1-24-18(22)16-10-8-15(9-11-16)14-21-19(23)20-12-5-13-25-17-6-3-2-4-7-17/h2-4,6-11H,5,12-14H2,1H3,(H2,20,21,23). The number of hydrogen-bond donors (Lipinski definition) is 2. The van der Waals surface area contributed by atoms with E-state index in [9.17, 15) is 9.59 Å². The SMILES string of the molecule is COC(=O)c1ccc(CNC(=O)NCCCSc2ccccc2)cc1. The molecule has 0 spiro atoms. The van der Waals surface area contributed by atoms with E-state index in [1.807, 2.05) is 18.2 Å². The van der Waals surface area contributed by atoms with Gasteiger partial charge in [0.1, 0.15) is 0 Å². The van der Waals surface area contributed by atoms with E-state index < -0.39 is 0 Å². The average Bonchev–Trinajstić information content (AvgIpc) is 2.66. The Morgan fingerprint density at radius 2 is 1.72 bits per heavy atom. The molecule has 0 saturated heterocycles. The number of hydrogen-bond acceptors (Lipinski definition) is 4. The smallest absolute Gasteiger partial charge is 0.337 e. The topological polar surface area (TPSA) is 67.4 Å². The summed E-state index contributed by atoms with van der Waals surface area (Å²) in [5, 5.41) is 5.64. The minimum Gasteiger partial charge on any atom is -0.465 e. The van der Waals surface area contributed by atoms with E-state index in [1.54, 1.807) is 36.0 Å². The third-order valence-corrected chi connectivity index (χ3v) is 4.55. The first-order valence-corrected chi connectivity index (χ1v) is 9.04. The second-order valence-corrected chi connectivity index (χ2v) is 6.48. The minimum atomic E-state index is -0.370. The van der Waals surface area contributed by atoms with Crippen LogP contribution in [0.4, 0.5) is 4.79 Å². The third-order valence-electron chi connectivity index (χ3n) is 3.45. The number of ether oxygens (including phenoxy) is 1. The lowest BCUT2D eigenvalue weighted by atomic mass is 10.1. The fraction of sp³-hybridized carbons (Fsp3) is 0.263. The number of methoxy groups -OCH3 is 1. The van der Waals surface area contributed by atoms with Crippen LogP contribution < -0.4 is 10.6 Å². The zero-order valence-electron chi connectivity index (χ0n) is 14.2. The van der Waals surface area contributed by atoms with Gasteiger partial charge in [0.2, 0.25) is 0 Å². The predicted octanol–water partition coefficient (Wildman–Crippen LogP) is 3.45. The predicted molar refractivity (Wildman–Crippen MR) is 99.8 cm³/mol. The van der Waals surface area contributed by atoms with E-state index in [1.165, 1.54) is 12.0 Å². The molecule has 0 saturated carbocycles. The zero-order chi connectivity index (χ0) is 17.9. The highest BCUT2D eigenvalue weighted by Gasteiger charge is 2.05. The molecular weight excluding hydrogens is 336 g/mol. The van der Waals surface area contributed by atoms with Gasteiger partial charge in [0.25, 0.3) is 0 Å². The molecule has 0 unspecified atom stereocenters. The number of rotatable bonds is 8. The highest BCUT2D eigenvalue weighted by Crippen LogP contribution is 2.17. The number of nitrogens with one attached hydrogen (secondary N) is 2. The molecule has 2 aromatic rings. The van der Waals surface area contributed by atoms with Crippen molar-refractivity contribution < 1.29 is 14.3 Å². The lowest BCUT2D eigenvalue weighted by Gasteiger charge is -2.08. The molecule has 0 radical (unpaired) electrons. The van der Waals surface area contributed by atoms with Gasteiger partial charge in [-0.3, -0.25) is 0 Å². The van der Waals surface area contributed by atoms with Crippen molar-refractivity contribution in [2.75, 3.05) is 19.4 Å². The number of amides is 2. The van der Waals surface area contributed by atoms with E-state index in [4.69, 9.17) is 0 Å². The van der Waals surface area contributed by atoms with Crippen molar-refractivity contribution in [1.82, 2.24) is 10.6 Å². The molecular formula is C19H22N2O3S. The van der Waals surface area contributed by atoms with Crippen molar-refractivity contribution in [3.05, 3.63) is 65.7 Å². The molecule has 0 atom stereocenters. The van der Waals surface area contributed by atoms with E-state index >= 15 is 0 Å². The van der Waals surface area contributed by atoms with Crippen LogP contribution in [0.2, 0.25) is 0 Å². The lowest BCUT2D eigenvalue weighted by Crippen LogP contribution is -2.35. The summed E-state index contributed by atoms with van der Waals surface area (Å²) in [6, 6.07) is 17.0. The highest BCUT2D eigenvalue weighted by molar-refractivity contribution is 7.99. The molecule has 0 fully saturated rings. The van der Waals surface area contributed by atoms with Crippen LogP contribution in [0.25, 0.3) is 0 Å². The fourth-order valence-electron chi connectivity index (χ4n) is 2.10. The van der Waals surface area contributed by atoms with Crippen LogP contribution in [0.1, 0.15) is 22.3 Å². The van der Waals surface area contributed by atoms with Crippen LogP contribution in [0.15, 0.2) is 59.5 Å². The van der Waals surface area contributed by atoms with E-state index in [0.717, 1.165) is 17.7 Å². The Morgan fingerprint density at radius 3 is 2.40 bits per heavy atom. The summed E-state index contributed by atoms with van der Waals surface area (Å²) < 4.78 is 4.65. The van der Waals surface area contributed by atoms with Gasteiger partial charge in [0.05, 0.1) is 12.7 Å². The van der Waals surface area contributed by atoms with Gasteiger partial charge in [-0.1, -0.05) is 30.3 Å². The van der Waals surface area contributed by atoms with Crippen LogP contribution in [-0.2, 0) is 11.3 Å². The molecule has 0 aromatic heterocycles. The first-order valence-electron chi connectivity index (χ1n) is 8.06. The molecule has 25 heavy (non-hydrogen) atoms. The summed E-state index contributed by atoms with van der Waals surface area (Å²) in [4.78, 5) is 24.4. The minimum absolute atomic E-state index is 0.193. The highest BCUT2D eigenvalue weighted by atomic mass is 32.2. The first-order chi connectivity index (χ1) is 12.2. The lowest BCUT2D eigenvalue weighted by molar-refractivity contribution is 0.0600. The Balaban J connectivity index is 1.60. The van der Waals surface area contributed by atoms with E-state index in [2.05, 4.69) is 27.5 Å². The molecule has 5 nitrogen and oxygen atoms in total. The molecule has 0 bridgehead atoms. The summed E-state index contributed by atoms with van der Waals surface area (Å²) in [6.45, 7) is 1.04. The van der Waals surface area contributed by atoms with Crippen LogP contribution in [0.3, 0.4) is 0 Å². The summed E-state index contributed by atoms with van der Waals surface area (Å²) in [6.07, 6.45) is 0.904. The summed E-state index contributed by atoms with van der Waals surface area (Å²) in [7, 11) is 1.35. The first kappa shape index (κ1) is 18.9. The van der Waals surface area contributed by atoms with Gasteiger partial charge >= 0.3 is 12.0 Å². The Morgan fingerprint density at radius 1 is 1.00 bits per heavy atom. The van der Waals surface area contributed by atoms with Gasteiger partial charge in [0.15, 0.2) is 0 Å². The summed E-state index contributed by atoms with van der Waals surface area (Å²) >= 11 is 1.78. The Hall–Kier alpha value is -2.47. The van der Waals surface area contributed by atoms with E-state index in [-0.39, 0.29) is 12.0 Å². The molecule has 0 heterocycles. The molecule has 0 aliphatic heterocycles. The molecule has 0 aliphatic carbocycles. The molecule has 0 aliphatic rings. The monoisotopic (exact) mass is 358 g/mol. The van der Waals surface area contributed by atoms with Gasteiger partial charge < -0.3 is 15.4 Å². The average molecular weight is 358 g/mol. The maximum atomic E-state index is 11.8. The van der Waals surface area contributed by atoms with Crippen molar-refractivity contribution in [2.24, 2.45) is 0 Å². The van der Waals surface area contributed by atoms with Crippen LogP contribution in [-0.4, -0.2) is 31.4 Å². The quantitative estimate of drug-likeness (QED) is 0.431. The number of carbonyl (C=O) groups excluding carboxylic acids is 2.